The Balaban J connectivity index is 2.49. The van der Waals surface area contributed by atoms with Gasteiger partial charge in [0.15, 0.2) is 5.56 Å². The second kappa shape index (κ2) is 3.19. The zero-order chi connectivity index (χ0) is 13.1. The number of aryl methyl sites for hydroxylation is 1. The van der Waals surface area contributed by atoms with Crippen molar-refractivity contribution < 1.29 is 9.53 Å². The Morgan fingerprint density at radius 3 is 2.72 bits per heavy atom. The first kappa shape index (κ1) is 11.0. The van der Waals surface area contributed by atoms with E-state index in [-0.39, 0.29) is 11.1 Å². The van der Waals surface area contributed by atoms with Crippen LogP contribution in [0.15, 0.2) is 23.1 Å². The zero-order valence-electron chi connectivity index (χ0n) is 10.4. The number of carbonyl (C=O) groups excluding carboxylic acids is 1. The summed E-state index contributed by atoms with van der Waals surface area (Å²) in [6.45, 7) is 5.34. The number of ether oxygens (including phenoxy) is 1. The Hall–Kier alpha value is -2.17. The van der Waals surface area contributed by atoms with Crippen molar-refractivity contribution in [1.82, 2.24) is 9.38 Å². The van der Waals surface area contributed by atoms with Gasteiger partial charge in [0.1, 0.15) is 16.9 Å². The average molecular weight is 244 g/mol. The molecule has 0 bridgehead atoms. The predicted molar refractivity (Wildman–Crippen MR) is 64.6 cm³/mol. The summed E-state index contributed by atoms with van der Waals surface area (Å²) in [6, 6.07) is 3.63. The van der Waals surface area contributed by atoms with Crippen molar-refractivity contribution in [3.63, 3.8) is 0 Å². The van der Waals surface area contributed by atoms with E-state index in [2.05, 4.69) is 4.98 Å². The number of cyclic esters (lactones) is 1. The summed E-state index contributed by atoms with van der Waals surface area (Å²) in [7, 11) is 0. The van der Waals surface area contributed by atoms with Crippen LogP contribution in [0.5, 0.6) is 0 Å². The predicted octanol–water partition coefficient (Wildman–Crippen LogP) is 1.41. The van der Waals surface area contributed by atoms with E-state index in [1.54, 1.807) is 26.1 Å². The van der Waals surface area contributed by atoms with E-state index < -0.39 is 11.6 Å². The van der Waals surface area contributed by atoms with Crippen molar-refractivity contribution >= 4 is 11.6 Å². The number of hydrogen-bond acceptors (Lipinski definition) is 4. The fourth-order valence-electron chi connectivity index (χ4n) is 2.20. The van der Waals surface area contributed by atoms with E-state index in [0.29, 0.717) is 11.3 Å². The number of hydrogen-bond donors (Lipinski definition) is 0. The maximum absolute atomic E-state index is 12.3. The second-order valence-electron chi connectivity index (χ2n) is 4.98. The Labute approximate surface area is 103 Å². The molecule has 3 rings (SSSR count). The van der Waals surface area contributed by atoms with Crippen LogP contribution in [-0.4, -0.2) is 15.4 Å². The van der Waals surface area contributed by atoms with E-state index in [1.807, 2.05) is 13.0 Å². The minimum absolute atomic E-state index is 0.0445. The summed E-state index contributed by atoms with van der Waals surface area (Å²) in [5, 5.41) is 0. The van der Waals surface area contributed by atoms with Gasteiger partial charge < -0.3 is 4.74 Å². The summed E-state index contributed by atoms with van der Waals surface area (Å²) in [5.74, 6) is -0.594. The molecule has 0 radical (unpaired) electrons. The number of fused-ring (bicyclic) bond motifs is 2. The molecule has 0 saturated heterocycles. The maximum atomic E-state index is 12.3. The van der Waals surface area contributed by atoms with Crippen molar-refractivity contribution in [2.24, 2.45) is 0 Å². The van der Waals surface area contributed by atoms with Crippen LogP contribution in [0.2, 0.25) is 0 Å². The van der Waals surface area contributed by atoms with Gasteiger partial charge in [-0.15, -0.1) is 0 Å². The molecule has 3 heterocycles. The largest absolute Gasteiger partial charge is 0.449 e. The molecule has 0 spiro atoms. The van der Waals surface area contributed by atoms with E-state index in [9.17, 15) is 9.59 Å². The second-order valence-corrected chi connectivity index (χ2v) is 4.98. The number of rotatable bonds is 0. The van der Waals surface area contributed by atoms with E-state index in [1.165, 1.54) is 4.40 Å². The topological polar surface area (TPSA) is 60.7 Å². The molecule has 5 heteroatoms. The van der Waals surface area contributed by atoms with Gasteiger partial charge in [0.05, 0.1) is 0 Å². The number of carbonyl (C=O) groups is 1. The van der Waals surface area contributed by atoms with Crippen LogP contribution in [0, 0.1) is 6.92 Å². The Kier molecular flexibility index (Phi) is 1.94. The van der Waals surface area contributed by atoms with E-state index >= 15 is 0 Å². The maximum Gasteiger partial charge on any atom is 0.346 e. The van der Waals surface area contributed by atoms with Crippen LogP contribution in [-0.2, 0) is 10.3 Å². The van der Waals surface area contributed by atoms with Crippen LogP contribution in [0.25, 0.3) is 5.65 Å². The lowest BCUT2D eigenvalue weighted by Crippen LogP contribution is -2.24. The molecule has 92 valence electrons. The van der Waals surface area contributed by atoms with Crippen molar-refractivity contribution in [1.29, 1.82) is 0 Å². The summed E-state index contributed by atoms with van der Waals surface area (Å²) >= 11 is 0. The Bertz CT molecular complexity index is 744. The van der Waals surface area contributed by atoms with Gasteiger partial charge in [-0.05, 0) is 32.4 Å². The summed E-state index contributed by atoms with van der Waals surface area (Å²) in [6.07, 6.45) is 1.67. The quantitative estimate of drug-likeness (QED) is 0.657. The van der Waals surface area contributed by atoms with E-state index in [0.717, 1.165) is 5.56 Å². The molecule has 2 aromatic rings. The summed E-state index contributed by atoms with van der Waals surface area (Å²) in [4.78, 5) is 28.4. The molecule has 0 fully saturated rings. The van der Waals surface area contributed by atoms with Crippen LogP contribution in [0.4, 0.5) is 0 Å². The van der Waals surface area contributed by atoms with Crippen LogP contribution in [0.3, 0.4) is 0 Å². The van der Waals surface area contributed by atoms with E-state index in [4.69, 9.17) is 4.74 Å². The van der Waals surface area contributed by atoms with Gasteiger partial charge in [0.25, 0.3) is 5.56 Å². The fourth-order valence-corrected chi connectivity index (χ4v) is 2.20. The lowest BCUT2D eigenvalue weighted by Gasteiger charge is -2.16. The van der Waals surface area contributed by atoms with Gasteiger partial charge in [-0.3, -0.25) is 9.20 Å². The lowest BCUT2D eigenvalue weighted by molar-refractivity contribution is 0.00834. The first-order valence-corrected chi connectivity index (χ1v) is 5.67. The van der Waals surface area contributed by atoms with Crippen molar-refractivity contribution in [2.75, 3.05) is 0 Å². The third-order valence-corrected chi connectivity index (χ3v) is 3.09. The first-order valence-electron chi connectivity index (χ1n) is 5.67. The highest BCUT2D eigenvalue weighted by Gasteiger charge is 2.42. The number of pyridine rings is 1. The van der Waals surface area contributed by atoms with Gasteiger partial charge in [0, 0.05) is 6.20 Å². The number of esters is 1. The van der Waals surface area contributed by atoms with Crippen molar-refractivity contribution in [3.05, 3.63) is 45.5 Å². The molecular weight excluding hydrogens is 232 g/mol. The average Bonchev–Trinajstić information content (AvgIpc) is 2.51. The van der Waals surface area contributed by atoms with Crippen molar-refractivity contribution in [3.8, 4) is 0 Å². The standard InChI is InChI=1S/C13H12N2O3/c1-7-4-5-8-14-10-9(11(16)15(8)6-7)12(17)18-13(10,2)3/h4-6H,1-3H3. The minimum atomic E-state index is -0.842. The Morgan fingerprint density at radius 1 is 1.28 bits per heavy atom. The number of aromatic nitrogens is 2. The number of nitrogens with zero attached hydrogens (tertiary/aromatic N) is 2. The lowest BCUT2D eigenvalue weighted by atomic mass is 10.0. The zero-order valence-corrected chi connectivity index (χ0v) is 10.4. The highest BCUT2D eigenvalue weighted by atomic mass is 16.6. The molecule has 18 heavy (non-hydrogen) atoms. The molecule has 1 aliphatic heterocycles. The highest BCUT2D eigenvalue weighted by Crippen LogP contribution is 2.32. The molecule has 0 unspecified atom stereocenters. The Morgan fingerprint density at radius 2 is 2.00 bits per heavy atom. The van der Waals surface area contributed by atoms with Gasteiger partial charge >= 0.3 is 5.97 Å². The molecule has 0 atom stereocenters. The molecule has 0 aliphatic carbocycles. The highest BCUT2D eigenvalue weighted by molar-refractivity contribution is 5.93. The van der Waals surface area contributed by atoms with Gasteiger partial charge in [-0.1, -0.05) is 6.07 Å². The van der Waals surface area contributed by atoms with Gasteiger partial charge in [0.2, 0.25) is 0 Å². The molecule has 5 nitrogen and oxygen atoms in total. The molecule has 2 aromatic heterocycles. The molecular formula is C13H12N2O3. The smallest absolute Gasteiger partial charge is 0.346 e. The first-order chi connectivity index (χ1) is 8.40. The normalized spacial score (nSPS) is 16.7. The third kappa shape index (κ3) is 1.30. The van der Waals surface area contributed by atoms with Crippen LogP contribution < -0.4 is 5.56 Å². The molecule has 0 amide bonds. The van der Waals surface area contributed by atoms with Crippen LogP contribution >= 0.6 is 0 Å². The molecule has 0 N–H and O–H groups in total. The van der Waals surface area contributed by atoms with Crippen LogP contribution in [0.1, 0.15) is 35.5 Å². The third-order valence-electron chi connectivity index (χ3n) is 3.09. The molecule has 1 aliphatic rings. The van der Waals surface area contributed by atoms with Crippen molar-refractivity contribution in [2.45, 2.75) is 26.4 Å². The van der Waals surface area contributed by atoms with Gasteiger partial charge in [-0.25, -0.2) is 9.78 Å². The van der Waals surface area contributed by atoms with Gasteiger partial charge in [-0.2, -0.15) is 0 Å². The molecule has 0 saturated carbocycles. The summed E-state index contributed by atoms with van der Waals surface area (Å²) < 4.78 is 6.57. The fraction of sp³-hybridized carbons (Fsp3) is 0.308. The monoisotopic (exact) mass is 244 g/mol. The SMILES string of the molecule is Cc1ccc2nc3c(c(=O)n2c1)C(=O)OC3(C)C. The molecule has 0 aromatic carbocycles. The minimum Gasteiger partial charge on any atom is -0.449 e. The summed E-state index contributed by atoms with van der Waals surface area (Å²) in [5.41, 5.74) is 0.706.